The first-order valence-electron chi connectivity index (χ1n) is 9.56. The van der Waals surface area contributed by atoms with E-state index in [2.05, 4.69) is 29.2 Å². The fraction of sp³-hybridized carbons (Fsp3) is 0.944. The average Bonchev–Trinajstić information content (AvgIpc) is 3.27. The molecular weight excluding hydrogens is 433 g/mol. The van der Waals surface area contributed by atoms with E-state index in [1.807, 2.05) is 0 Å². The van der Waals surface area contributed by atoms with Crippen molar-refractivity contribution < 1.29 is 14.2 Å². The molecule has 0 amide bonds. The van der Waals surface area contributed by atoms with Crippen molar-refractivity contribution in [2.45, 2.75) is 45.1 Å². The van der Waals surface area contributed by atoms with E-state index in [4.69, 9.17) is 14.2 Å². The van der Waals surface area contributed by atoms with E-state index in [0.29, 0.717) is 6.10 Å². The molecule has 6 nitrogen and oxygen atoms in total. The van der Waals surface area contributed by atoms with Crippen molar-refractivity contribution in [3.8, 4) is 0 Å². The molecule has 0 bridgehead atoms. The second-order valence-electron chi connectivity index (χ2n) is 6.74. The smallest absolute Gasteiger partial charge is 0.193 e. The quantitative estimate of drug-likeness (QED) is 0.206. The normalized spacial score (nSPS) is 20.4. The number of nitrogens with one attached hydrogen (secondary N) is 1. The SMILES string of the molecule is CCNC(=NCCCOCC1CCCO1)N(C)CCOCC1CC1.I. The van der Waals surface area contributed by atoms with E-state index in [9.17, 15) is 0 Å². The number of hydrogen-bond donors (Lipinski definition) is 1. The molecule has 0 aromatic heterocycles. The van der Waals surface area contributed by atoms with Crippen LogP contribution in [0.3, 0.4) is 0 Å². The van der Waals surface area contributed by atoms with Gasteiger partial charge in [0.05, 0.1) is 19.3 Å². The Balaban J connectivity index is 0.00000312. The summed E-state index contributed by atoms with van der Waals surface area (Å²) < 4.78 is 16.9. The van der Waals surface area contributed by atoms with Gasteiger partial charge in [-0.3, -0.25) is 4.99 Å². The second-order valence-corrected chi connectivity index (χ2v) is 6.74. The first-order chi connectivity index (χ1) is 11.8. The fourth-order valence-electron chi connectivity index (χ4n) is 2.65. The van der Waals surface area contributed by atoms with Crippen LogP contribution in [0.2, 0.25) is 0 Å². The molecule has 2 aliphatic rings. The number of likely N-dealkylation sites (N-methyl/N-ethyl adjacent to an activating group) is 1. The van der Waals surface area contributed by atoms with Crippen LogP contribution in [0.1, 0.15) is 39.0 Å². The van der Waals surface area contributed by atoms with E-state index >= 15 is 0 Å². The molecule has 0 spiro atoms. The van der Waals surface area contributed by atoms with Gasteiger partial charge >= 0.3 is 0 Å². The Hall–Kier alpha value is -0.120. The van der Waals surface area contributed by atoms with Crippen molar-refractivity contribution in [3.05, 3.63) is 0 Å². The number of hydrogen-bond acceptors (Lipinski definition) is 4. The highest BCUT2D eigenvalue weighted by Crippen LogP contribution is 2.28. The van der Waals surface area contributed by atoms with Gasteiger partial charge in [0, 0.05) is 46.5 Å². The first kappa shape index (κ1) is 22.9. The maximum atomic E-state index is 5.71. The summed E-state index contributed by atoms with van der Waals surface area (Å²) in [5.74, 6) is 1.78. The molecule has 1 heterocycles. The molecule has 1 atom stereocenters. The van der Waals surface area contributed by atoms with Crippen LogP contribution >= 0.6 is 24.0 Å². The van der Waals surface area contributed by atoms with Crippen LogP contribution < -0.4 is 5.32 Å². The monoisotopic (exact) mass is 469 g/mol. The van der Waals surface area contributed by atoms with Gasteiger partial charge in [0.1, 0.15) is 0 Å². The fourth-order valence-corrected chi connectivity index (χ4v) is 2.65. The van der Waals surface area contributed by atoms with Crippen molar-refractivity contribution in [1.29, 1.82) is 0 Å². The molecule has 0 aromatic carbocycles. The van der Waals surface area contributed by atoms with Crippen LogP contribution in [0.25, 0.3) is 0 Å². The highest BCUT2D eigenvalue weighted by molar-refractivity contribution is 14.0. The first-order valence-corrected chi connectivity index (χ1v) is 9.56. The molecule has 1 saturated heterocycles. The molecule has 0 radical (unpaired) electrons. The Bertz CT molecular complexity index is 361. The van der Waals surface area contributed by atoms with Crippen molar-refractivity contribution >= 4 is 29.9 Å². The third-order valence-corrected chi connectivity index (χ3v) is 4.35. The number of aliphatic imine (C=N–C) groups is 1. The summed E-state index contributed by atoms with van der Waals surface area (Å²) in [7, 11) is 2.07. The van der Waals surface area contributed by atoms with Crippen molar-refractivity contribution in [2.75, 3.05) is 59.7 Å². The van der Waals surface area contributed by atoms with Crippen LogP contribution in [0.4, 0.5) is 0 Å². The van der Waals surface area contributed by atoms with Gasteiger partial charge < -0.3 is 24.4 Å². The molecular formula is C18H36IN3O3. The van der Waals surface area contributed by atoms with Crippen LogP contribution in [0.15, 0.2) is 4.99 Å². The van der Waals surface area contributed by atoms with Crippen LogP contribution in [0, 0.1) is 5.92 Å². The van der Waals surface area contributed by atoms with E-state index in [1.54, 1.807) is 0 Å². The number of rotatable bonds is 12. The number of halogens is 1. The van der Waals surface area contributed by atoms with Crippen molar-refractivity contribution in [2.24, 2.45) is 10.9 Å². The molecule has 0 aromatic rings. The van der Waals surface area contributed by atoms with Crippen LogP contribution in [0.5, 0.6) is 0 Å². The van der Waals surface area contributed by atoms with Crippen LogP contribution in [-0.4, -0.2) is 76.7 Å². The zero-order chi connectivity index (χ0) is 17.0. The second kappa shape index (κ2) is 14.0. The maximum absolute atomic E-state index is 5.71. The van der Waals surface area contributed by atoms with E-state index < -0.39 is 0 Å². The molecule has 148 valence electrons. The molecule has 1 unspecified atom stereocenters. The summed E-state index contributed by atoms with van der Waals surface area (Å²) >= 11 is 0. The Kier molecular flexibility index (Phi) is 12.8. The van der Waals surface area contributed by atoms with Gasteiger partial charge in [-0.05, 0) is 44.9 Å². The van der Waals surface area contributed by atoms with E-state index in [1.165, 1.54) is 19.3 Å². The zero-order valence-electron chi connectivity index (χ0n) is 15.9. The minimum Gasteiger partial charge on any atom is -0.379 e. The molecule has 1 aliphatic heterocycles. The molecule has 2 rings (SSSR count). The van der Waals surface area contributed by atoms with Crippen molar-refractivity contribution in [3.63, 3.8) is 0 Å². The minimum absolute atomic E-state index is 0. The topological polar surface area (TPSA) is 55.3 Å². The van der Waals surface area contributed by atoms with Gasteiger partial charge in [-0.2, -0.15) is 0 Å². The molecule has 1 N–H and O–H groups in total. The predicted octanol–water partition coefficient (Wildman–Crippen LogP) is 2.51. The number of guanidine groups is 1. The minimum atomic E-state index is 0. The van der Waals surface area contributed by atoms with Gasteiger partial charge in [0.15, 0.2) is 5.96 Å². The Morgan fingerprint density at radius 3 is 2.68 bits per heavy atom. The predicted molar refractivity (Wildman–Crippen MR) is 112 cm³/mol. The largest absolute Gasteiger partial charge is 0.379 e. The van der Waals surface area contributed by atoms with Gasteiger partial charge in [0.25, 0.3) is 0 Å². The Labute approximate surface area is 170 Å². The Morgan fingerprint density at radius 2 is 2.00 bits per heavy atom. The molecule has 1 saturated carbocycles. The molecule has 7 heteroatoms. The third-order valence-electron chi connectivity index (χ3n) is 4.35. The summed E-state index contributed by atoms with van der Waals surface area (Å²) in [6.07, 6.45) is 6.24. The standard InChI is InChI=1S/C18H35N3O3.HI/c1-3-19-18(21(2)10-13-23-14-16-7-8-16)20-9-5-11-22-15-17-6-4-12-24-17;/h16-17H,3-15H2,1-2H3,(H,19,20);1H. The lowest BCUT2D eigenvalue weighted by Crippen LogP contribution is -2.40. The lowest BCUT2D eigenvalue weighted by molar-refractivity contribution is 0.0170. The summed E-state index contributed by atoms with van der Waals surface area (Å²) in [6, 6.07) is 0. The average molecular weight is 469 g/mol. The molecule has 25 heavy (non-hydrogen) atoms. The Morgan fingerprint density at radius 1 is 1.20 bits per heavy atom. The van der Waals surface area contributed by atoms with E-state index in [0.717, 1.165) is 77.4 Å². The molecule has 2 fully saturated rings. The lowest BCUT2D eigenvalue weighted by Gasteiger charge is -2.22. The zero-order valence-corrected chi connectivity index (χ0v) is 18.2. The van der Waals surface area contributed by atoms with Gasteiger partial charge in [-0.15, -0.1) is 24.0 Å². The maximum Gasteiger partial charge on any atom is 0.193 e. The summed E-state index contributed by atoms with van der Waals surface area (Å²) in [4.78, 5) is 6.82. The van der Waals surface area contributed by atoms with Gasteiger partial charge in [-0.1, -0.05) is 0 Å². The van der Waals surface area contributed by atoms with Crippen molar-refractivity contribution in [1.82, 2.24) is 10.2 Å². The van der Waals surface area contributed by atoms with Gasteiger partial charge in [0.2, 0.25) is 0 Å². The molecule has 1 aliphatic carbocycles. The van der Waals surface area contributed by atoms with Crippen LogP contribution in [-0.2, 0) is 14.2 Å². The highest BCUT2D eigenvalue weighted by Gasteiger charge is 2.21. The third kappa shape index (κ3) is 10.6. The van der Waals surface area contributed by atoms with Gasteiger partial charge in [-0.25, -0.2) is 0 Å². The summed E-state index contributed by atoms with van der Waals surface area (Å²) in [5, 5.41) is 3.34. The number of ether oxygens (including phenoxy) is 3. The summed E-state index contributed by atoms with van der Waals surface area (Å²) in [5.41, 5.74) is 0. The lowest BCUT2D eigenvalue weighted by atomic mass is 10.2. The highest BCUT2D eigenvalue weighted by atomic mass is 127. The summed E-state index contributed by atoms with van der Waals surface area (Å²) in [6.45, 7) is 8.67. The van der Waals surface area contributed by atoms with E-state index in [-0.39, 0.29) is 24.0 Å². The number of nitrogens with zero attached hydrogens (tertiary/aromatic N) is 2.